The van der Waals surface area contributed by atoms with E-state index in [2.05, 4.69) is 20.2 Å². The van der Waals surface area contributed by atoms with Crippen molar-refractivity contribution in [2.45, 2.75) is 24.0 Å². The summed E-state index contributed by atoms with van der Waals surface area (Å²) in [7, 11) is -0.652. The van der Waals surface area contributed by atoms with E-state index in [1.807, 2.05) is 0 Å². The molecule has 2 N–H and O–H groups in total. The van der Waals surface area contributed by atoms with Crippen LogP contribution in [0.1, 0.15) is 16.9 Å². The third-order valence-corrected chi connectivity index (χ3v) is 6.86. The van der Waals surface area contributed by atoms with Crippen molar-refractivity contribution in [3.05, 3.63) is 40.9 Å². The third-order valence-electron chi connectivity index (χ3n) is 4.49. The maximum atomic E-state index is 13.0. The van der Waals surface area contributed by atoms with Gasteiger partial charge in [-0.25, -0.2) is 18.1 Å². The van der Waals surface area contributed by atoms with Gasteiger partial charge in [0.05, 0.1) is 36.2 Å². The minimum Gasteiger partial charge on any atom is -0.389 e. The number of hydrogen-bond acceptors (Lipinski definition) is 10. The molecule has 1 aromatic heterocycles. The molecule has 3 rings (SSSR count). The fraction of sp³-hybridized carbons (Fsp3) is 0.450. The largest absolute Gasteiger partial charge is 0.389 e. The van der Waals surface area contributed by atoms with E-state index >= 15 is 0 Å². The van der Waals surface area contributed by atoms with Crippen molar-refractivity contribution in [2.24, 2.45) is 5.16 Å². The topological polar surface area (TPSA) is 137 Å². The molecule has 33 heavy (non-hydrogen) atoms. The van der Waals surface area contributed by atoms with Crippen molar-refractivity contribution in [3.8, 4) is 0 Å². The van der Waals surface area contributed by atoms with Gasteiger partial charge in [-0.3, -0.25) is 10.1 Å². The standard InChI is InChI=1S/C20H26N4O7S2/c1-28-10-8-22-33(26,27)17-5-3-14(4-6-17)18(24-31-15-7-9-30-12-15)19(25)23-20-21-11-16(32-20)13-29-2/h3-6,11,15,22H,7-10,12-13H2,1-2H3,(H,21,23,25)/b24-18+/t15-/m1/s1. The fourth-order valence-electron chi connectivity index (χ4n) is 2.83. The smallest absolute Gasteiger partial charge is 0.280 e. The number of oxime groups is 1. The van der Waals surface area contributed by atoms with Gasteiger partial charge in [-0.05, 0) is 12.1 Å². The molecule has 1 aromatic carbocycles. The van der Waals surface area contributed by atoms with Crippen LogP contribution in [-0.4, -0.2) is 71.7 Å². The zero-order valence-corrected chi connectivity index (χ0v) is 19.9. The number of aromatic nitrogens is 1. The molecule has 1 amide bonds. The molecule has 0 unspecified atom stereocenters. The minimum atomic E-state index is -3.71. The second-order valence-electron chi connectivity index (χ2n) is 6.96. The molecule has 1 saturated heterocycles. The second-order valence-corrected chi connectivity index (χ2v) is 9.85. The number of nitrogens with one attached hydrogen (secondary N) is 2. The lowest BCUT2D eigenvalue weighted by Gasteiger charge is -2.11. The number of rotatable bonds is 12. The summed E-state index contributed by atoms with van der Waals surface area (Å²) in [5, 5.41) is 7.14. The van der Waals surface area contributed by atoms with Gasteiger partial charge in [0.1, 0.15) is 0 Å². The summed E-state index contributed by atoms with van der Waals surface area (Å²) in [4.78, 5) is 23.5. The quantitative estimate of drug-likeness (QED) is 0.254. The third kappa shape index (κ3) is 7.28. The molecule has 1 fully saturated rings. The number of hydrogen-bond donors (Lipinski definition) is 2. The predicted molar refractivity (Wildman–Crippen MR) is 122 cm³/mol. The lowest BCUT2D eigenvalue weighted by molar-refractivity contribution is -0.110. The summed E-state index contributed by atoms with van der Waals surface area (Å²) in [5.41, 5.74) is 0.373. The maximum Gasteiger partial charge on any atom is 0.280 e. The van der Waals surface area contributed by atoms with Crippen LogP contribution in [0.25, 0.3) is 0 Å². The number of methoxy groups -OCH3 is 2. The summed E-state index contributed by atoms with van der Waals surface area (Å²) < 4.78 is 42.4. The van der Waals surface area contributed by atoms with Crippen molar-refractivity contribution in [1.29, 1.82) is 0 Å². The summed E-state index contributed by atoms with van der Waals surface area (Å²) >= 11 is 1.28. The van der Waals surface area contributed by atoms with Crippen molar-refractivity contribution < 1.29 is 32.3 Å². The highest BCUT2D eigenvalue weighted by molar-refractivity contribution is 7.89. The Morgan fingerprint density at radius 1 is 1.27 bits per heavy atom. The first-order valence-corrected chi connectivity index (χ1v) is 12.4. The Balaban J connectivity index is 1.79. The van der Waals surface area contributed by atoms with Crippen LogP contribution in [-0.2, 0) is 40.5 Å². The number of anilines is 1. The van der Waals surface area contributed by atoms with Gasteiger partial charge in [-0.1, -0.05) is 28.6 Å². The van der Waals surface area contributed by atoms with E-state index in [-0.39, 0.29) is 29.9 Å². The van der Waals surface area contributed by atoms with Crippen molar-refractivity contribution in [2.75, 3.05) is 45.9 Å². The zero-order chi connectivity index (χ0) is 23.7. The van der Waals surface area contributed by atoms with Crippen molar-refractivity contribution in [1.82, 2.24) is 9.71 Å². The molecule has 0 spiro atoms. The van der Waals surface area contributed by atoms with Crippen LogP contribution in [0, 0.1) is 0 Å². The molecule has 2 aromatic rings. The monoisotopic (exact) mass is 498 g/mol. The van der Waals surface area contributed by atoms with Crippen LogP contribution < -0.4 is 10.0 Å². The average molecular weight is 499 g/mol. The van der Waals surface area contributed by atoms with Crippen LogP contribution >= 0.6 is 11.3 Å². The van der Waals surface area contributed by atoms with Gasteiger partial charge < -0.3 is 19.0 Å². The van der Waals surface area contributed by atoms with Crippen molar-refractivity contribution >= 4 is 38.1 Å². The van der Waals surface area contributed by atoms with E-state index < -0.39 is 15.9 Å². The molecule has 1 aliphatic heterocycles. The molecule has 1 aliphatic rings. The lowest BCUT2D eigenvalue weighted by atomic mass is 10.1. The molecule has 180 valence electrons. The molecule has 13 heteroatoms. The fourth-order valence-corrected chi connectivity index (χ4v) is 4.63. The first-order valence-electron chi connectivity index (χ1n) is 10.1. The minimum absolute atomic E-state index is 0.0123. The Morgan fingerprint density at radius 2 is 2.06 bits per heavy atom. The number of sulfonamides is 1. The SMILES string of the molecule is COCCNS(=O)(=O)c1ccc(/C(=N\O[C@@H]2CCOC2)C(=O)Nc2ncc(COC)s2)cc1. The molecular weight excluding hydrogens is 472 g/mol. The molecule has 1 atom stereocenters. The average Bonchev–Trinajstić information content (AvgIpc) is 3.47. The highest BCUT2D eigenvalue weighted by Crippen LogP contribution is 2.20. The van der Waals surface area contributed by atoms with Gasteiger partial charge in [0.2, 0.25) is 10.0 Å². The van der Waals surface area contributed by atoms with Gasteiger partial charge in [0, 0.05) is 38.9 Å². The molecule has 0 aliphatic carbocycles. The molecular formula is C20H26N4O7S2. The number of carbonyl (C=O) groups is 1. The maximum absolute atomic E-state index is 13.0. The highest BCUT2D eigenvalue weighted by Gasteiger charge is 2.22. The second kappa shape index (κ2) is 12.2. The van der Waals surface area contributed by atoms with E-state index in [4.69, 9.17) is 19.0 Å². The van der Waals surface area contributed by atoms with Crippen LogP contribution in [0.4, 0.5) is 5.13 Å². The summed E-state index contributed by atoms with van der Waals surface area (Å²) in [5.74, 6) is -0.541. The van der Waals surface area contributed by atoms with E-state index in [1.165, 1.54) is 42.7 Å². The molecule has 11 nitrogen and oxygen atoms in total. The number of amides is 1. The first-order chi connectivity index (χ1) is 15.9. The molecule has 0 radical (unpaired) electrons. The van der Waals surface area contributed by atoms with Gasteiger partial charge in [-0.2, -0.15) is 0 Å². The number of thiazole rings is 1. The number of ether oxygens (including phenoxy) is 3. The number of benzene rings is 1. The Morgan fingerprint density at radius 3 is 2.73 bits per heavy atom. The summed E-state index contributed by atoms with van der Waals surface area (Å²) in [6.07, 6.45) is 2.02. The highest BCUT2D eigenvalue weighted by atomic mass is 32.2. The lowest BCUT2D eigenvalue weighted by Crippen LogP contribution is -2.27. The van der Waals surface area contributed by atoms with Gasteiger partial charge in [0.15, 0.2) is 16.9 Å². The van der Waals surface area contributed by atoms with Crippen LogP contribution in [0.5, 0.6) is 0 Å². The van der Waals surface area contributed by atoms with Gasteiger partial charge >= 0.3 is 0 Å². The Hall–Kier alpha value is -2.42. The molecule has 0 saturated carbocycles. The first kappa shape index (κ1) is 25.2. The predicted octanol–water partition coefficient (Wildman–Crippen LogP) is 1.36. The Labute approximate surface area is 196 Å². The van der Waals surface area contributed by atoms with E-state index in [0.717, 1.165) is 4.88 Å². The summed E-state index contributed by atoms with van der Waals surface area (Å²) in [6.45, 7) is 1.72. The Kier molecular flexibility index (Phi) is 9.29. The molecule has 0 bridgehead atoms. The number of carbonyl (C=O) groups excluding carboxylic acids is 1. The van der Waals surface area contributed by atoms with Gasteiger partial charge in [-0.15, -0.1) is 0 Å². The summed E-state index contributed by atoms with van der Waals surface area (Å²) in [6, 6.07) is 5.78. The number of nitrogens with zero attached hydrogens (tertiary/aromatic N) is 2. The van der Waals surface area contributed by atoms with Crippen LogP contribution in [0.2, 0.25) is 0 Å². The van der Waals surface area contributed by atoms with Crippen molar-refractivity contribution in [3.63, 3.8) is 0 Å². The van der Waals surface area contributed by atoms with E-state index in [9.17, 15) is 13.2 Å². The molecule has 2 heterocycles. The van der Waals surface area contributed by atoms with Gasteiger partial charge in [0.25, 0.3) is 5.91 Å². The zero-order valence-electron chi connectivity index (χ0n) is 18.3. The van der Waals surface area contributed by atoms with E-state index in [1.54, 1.807) is 13.3 Å². The van der Waals surface area contributed by atoms with E-state index in [0.29, 0.717) is 36.9 Å². The normalized spacial score (nSPS) is 16.7. The van der Waals surface area contributed by atoms with Crippen LogP contribution in [0.15, 0.2) is 40.5 Å². The Bertz CT molecular complexity index is 1050. The van der Waals surface area contributed by atoms with Crippen LogP contribution in [0.3, 0.4) is 0 Å².